The Bertz CT molecular complexity index is 796. The molecular weight excluding hydrogens is 420 g/mol. The molecule has 1 fully saturated rings. The molecule has 1 amide bonds. The number of hydrogen-bond donors (Lipinski definition) is 2. The molecule has 0 unspecified atom stereocenters. The zero-order valence-electron chi connectivity index (χ0n) is 19.9. The monoisotopic (exact) mass is 458 g/mol. The van der Waals surface area contributed by atoms with Gasteiger partial charge in [0, 0.05) is 6.04 Å². The Labute approximate surface area is 196 Å². The van der Waals surface area contributed by atoms with Gasteiger partial charge >= 0.3 is 11.9 Å². The van der Waals surface area contributed by atoms with Crippen LogP contribution in [0.4, 0.5) is 0 Å². The van der Waals surface area contributed by atoms with E-state index in [0.29, 0.717) is 25.2 Å². The number of nitrogens with one attached hydrogen (secondary N) is 1. The number of esters is 1. The average Bonchev–Trinajstić information content (AvgIpc) is 3.24. The van der Waals surface area contributed by atoms with E-state index in [1.807, 2.05) is 24.3 Å². The molecular formula is C26H38N2O5. The molecule has 2 N–H and O–H groups in total. The number of ether oxygens (including phenoxy) is 1. The summed E-state index contributed by atoms with van der Waals surface area (Å²) in [6.45, 7) is 3.42. The van der Waals surface area contributed by atoms with Crippen molar-refractivity contribution in [2.24, 2.45) is 5.92 Å². The van der Waals surface area contributed by atoms with Crippen molar-refractivity contribution in [3.8, 4) is 0 Å². The summed E-state index contributed by atoms with van der Waals surface area (Å²) in [4.78, 5) is 39.0. The maximum absolute atomic E-state index is 13.4. The molecule has 1 aromatic carbocycles. The van der Waals surface area contributed by atoms with Gasteiger partial charge in [0.25, 0.3) is 0 Å². The summed E-state index contributed by atoms with van der Waals surface area (Å²) in [6, 6.07) is 6.53. The van der Waals surface area contributed by atoms with Crippen molar-refractivity contribution >= 4 is 17.8 Å². The summed E-state index contributed by atoms with van der Waals surface area (Å²) >= 11 is 0. The Morgan fingerprint density at radius 2 is 1.76 bits per heavy atom. The van der Waals surface area contributed by atoms with E-state index in [1.54, 1.807) is 13.8 Å². The highest BCUT2D eigenvalue weighted by atomic mass is 16.5. The third-order valence-corrected chi connectivity index (χ3v) is 7.04. The van der Waals surface area contributed by atoms with E-state index in [9.17, 15) is 19.5 Å². The maximum atomic E-state index is 13.4. The van der Waals surface area contributed by atoms with Crippen molar-refractivity contribution in [2.45, 2.75) is 89.8 Å². The van der Waals surface area contributed by atoms with Crippen molar-refractivity contribution in [2.75, 3.05) is 13.2 Å². The van der Waals surface area contributed by atoms with Crippen molar-refractivity contribution in [1.29, 1.82) is 0 Å². The number of nitrogens with zero attached hydrogens (tertiary/aromatic N) is 1. The molecule has 0 spiro atoms. The topological polar surface area (TPSA) is 95.9 Å². The average molecular weight is 459 g/mol. The molecule has 33 heavy (non-hydrogen) atoms. The first-order chi connectivity index (χ1) is 15.9. The number of hydrogen-bond acceptors (Lipinski definition) is 5. The van der Waals surface area contributed by atoms with Gasteiger partial charge in [0.1, 0.15) is 12.6 Å². The third kappa shape index (κ3) is 7.03. The van der Waals surface area contributed by atoms with Crippen LogP contribution in [-0.2, 0) is 32.0 Å². The smallest absolute Gasteiger partial charge is 0.323 e. The summed E-state index contributed by atoms with van der Waals surface area (Å²) in [5, 5.41) is 12.7. The van der Waals surface area contributed by atoms with Gasteiger partial charge < -0.3 is 14.7 Å². The minimum absolute atomic E-state index is 0.196. The second-order valence-electron chi connectivity index (χ2n) is 9.47. The molecule has 7 heteroatoms. The Morgan fingerprint density at radius 1 is 1.12 bits per heavy atom. The molecule has 3 rings (SSSR count). The van der Waals surface area contributed by atoms with Gasteiger partial charge in [-0.1, -0.05) is 56.4 Å². The van der Waals surface area contributed by atoms with E-state index in [2.05, 4.69) is 5.32 Å². The van der Waals surface area contributed by atoms with Crippen LogP contribution in [0.1, 0.15) is 69.9 Å². The highest BCUT2D eigenvalue weighted by Gasteiger charge is 2.35. The molecule has 182 valence electrons. The highest BCUT2D eigenvalue weighted by Crippen LogP contribution is 2.28. The number of amides is 1. The SMILES string of the molecule is CCOC(=O)[C@H](CCC1CCCCC1)N[C@@H](C)C(=O)N(CC(=O)O)C1Cc2ccccc2C1. The lowest BCUT2D eigenvalue weighted by Crippen LogP contribution is -2.54. The molecule has 2 aliphatic carbocycles. The number of carboxylic acid groups (broad SMARTS) is 1. The second-order valence-corrected chi connectivity index (χ2v) is 9.47. The Balaban J connectivity index is 1.66. The van der Waals surface area contributed by atoms with Crippen molar-refractivity contribution < 1.29 is 24.2 Å². The highest BCUT2D eigenvalue weighted by molar-refractivity contribution is 5.86. The van der Waals surface area contributed by atoms with Crippen molar-refractivity contribution in [1.82, 2.24) is 10.2 Å². The fourth-order valence-corrected chi connectivity index (χ4v) is 5.30. The van der Waals surface area contributed by atoms with Gasteiger partial charge in [-0.3, -0.25) is 19.7 Å². The summed E-state index contributed by atoms with van der Waals surface area (Å²) in [7, 11) is 0. The van der Waals surface area contributed by atoms with Crippen LogP contribution in [-0.4, -0.2) is 59.1 Å². The van der Waals surface area contributed by atoms with Crippen LogP contribution in [0.3, 0.4) is 0 Å². The number of carbonyl (C=O) groups excluding carboxylic acids is 2. The molecule has 0 aromatic heterocycles. The zero-order chi connectivity index (χ0) is 23.8. The van der Waals surface area contributed by atoms with Crippen LogP contribution >= 0.6 is 0 Å². The molecule has 1 aromatic rings. The van der Waals surface area contributed by atoms with Crippen LogP contribution in [0.25, 0.3) is 0 Å². The van der Waals surface area contributed by atoms with Crippen LogP contribution < -0.4 is 5.32 Å². The van der Waals surface area contributed by atoms with Crippen molar-refractivity contribution in [3.05, 3.63) is 35.4 Å². The van der Waals surface area contributed by atoms with E-state index >= 15 is 0 Å². The van der Waals surface area contributed by atoms with E-state index in [1.165, 1.54) is 37.0 Å². The van der Waals surface area contributed by atoms with E-state index < -0.39 is 18.1 Å². The molecule has 0 aliphatic heterocycles. The van der Waals surface area contributed by atoms with Crippen LogP contribution in [0.5, 0.6) is 0 Å². The quantitative estimate of drug-likeness (QED) is 0.494. The van der Waals surface area contributed by atoms with E-state index in [4.69, 9.17) is 4.74 Å². The predicted octanol–water partition coefficient (Wildman–Crippen LogP) is 3.34. The number of carboxylic acids is 1. The number of carbonyl (C=O) groups is 3. The largest absolute Gasteiger partial charge is 0.480 e. The van der Waals surface area contributed by atoms with Gasteiger partial charge in [-0.2, -0.15) is 0 Å². The van der Waals surface area contributed by atoms with Crippen LogP contribution in [0.2, 0.25) is 0 Å². The Morgan fingerprint density at radius 3 is 2.33 bits per heavy atom. The van der Waals surface area contributed by atoms with E-state index in [0.717, 1.165) is 17.5 Å². The lowest BCUT2D eigenvalue weighted by Gasteiger charge is -2.32. The molecule has 1 saturated carbocycles. The second kappa shape index (κ2) is 12.2. The van der Waals surface area contributed by atoms with Crippen LogP contribution in [0.15, 0.2) is 24.3 Å². The summed E-state index contributed by atoms with van der Waals surface area (Å²) in [5.74, 6) is -1.05. The molecule has 0 saturated heterocycles. The fourth-order valence-electron chi connectivity index (χ4n) is 5.30. The van der Waals surface area contributed by atoms with Gasteiger partial charge in [-0.25, -0.2) is 0 Å². The Hall–Kier alpha value is -2.41. The molecule has 0 heterocycles. The Kier molecular flexibility index (Phi) is 9.30. The van der Waals surface area contributed by atoms with Crippen LogP contribution in [0, 0.1) is 5.92 Å². The molecule has 2 atom stereocenters. The maximum Gasteiger partial charge on any atom is 0.323 e. The third-order valence-electron chi connectivity index (χ3n) is 7.04. The first-order valence-electron chi connectivity index (χ1n) is 12.4. The van der Waals surface area contributed by atoms with E-state index in [-0.39, 0.29) is 31.1 Å². The zero-order valence-corrected chi connectivity index (χ0v) is 19.9. The number of aliphatic carboxylic acids is 1. The van der Waals surface area contributed by atoms with Gasteiger partial charge in [0.2, 0.25) is 5.91 Å². The number of rotatable bonds is 11. The number of fused-ring (bicyclic) bond motifs is 1. The molecule has 0 bridgehead atoms. The first kappa shape index (κ1) is 25.2. The fraction of sp³-hybridized carbons (Fsp3) is 0.654. The van der Waals surface area contributed by atoms with Gasteiger partial charge in [0.05, 0.1) is 12.6 Å². The molecule has 2 aliphatic rings. The summed E-state index contributed by atoms with van der Waals surface area (Å²) in [5.41, 5.74) is 2.31. The van der Waals surface area contributed by atoms with Gasteiger partial charge in [0.15, 0.2) is 0 Å². The normalized spacial score (nSPS) is 18.4. The lowest BCUT2D eigenvalue weighted by atomic mass is 9.85. The number of benzene rings is 1. The lowest BCUT2D eigenvalue weighted by molar-refractivity contribution is -0.149. The minimum atomic E-state index is -1.04. The van der Waals surface area contributed by atoms with Crippen molar-refractivity contribution in [3.63, 3.8) is 0 Å². The summed E-state index contributed by atoms with van der Waals surface area (Å²) in [6.07, 6.45) is 8.98. The van der Waals surface area contributed by atoms with Gasteiger partial charge in [-0.15, -0.1) is 0 Å². The first-order valence-corrected chi connectivity index (χ1v) is 12.4. The standard InChI is InChI=1S/C26H38N2O5/c1-3-33-26(32)23(14-13-19-9-5-4-6-10-19)27-18(2)25(31)28(17-24(29)30)22-15-20-11-7-8-12-21(20)16-22/h7-8,11-12,18-19,22-23,27H,3-6,9-10,13-17H2,1-2H3,(H,29,30)/t18-,23-/m0/s1. The summed E-state index contributed by atoms with van der Waals surface area (Å²) < 4.78 is 5.27. The van der Waals surface area contributed by atoms with Gasteiger partial charge in [-0.05, 0) is 56.6 Å². The molecule has 0 radical (unpaired) electrons. The predicted molar refractivity (Wildman–Crippen MR) is 126 cm³/mol. The molecule has 7 nitrogen and oxygen atoms in total. The minimum Gasteiger partial charge on any atom is -0.480 e.